The van der Waals surface area contributed by atoms with Crippen LogP contribution in [0.3, 0.4) is 0 Å². The van der Waals surface area contributed by atoms with E-state index in [0.717, 1.165) is 0 Å². The molecule has 0 rings (SSSR count). The highest BCUT2D eigenvalue weighted by Crippen LogP contribution is 2.08. The molecule has 0 aromatic rings. The van der Waals surface area contributed by atoms with Crippen molar-refractivity contribution in [1.82, 2.24) is 16.0 Å². The number of nitrogens with one attached hydrogen (secondary N) is 3. The van der Waals surface area contributed by atoms with Gasteiger partial charge in [0.1, 0.15) is 18.1 Å². The zero-order chi connectivity index (χ0) is 18.9. The maximum Gasteiger partial charge on any atom is 0.326 e. The van der Waals surface area contributed by atoms with Gasteiger partial charge in [0.15, 0.2) is 0 Å². The van der Waals surface area contributed by atoms with Crippen LogP contribution in [0.4, 0.5) is 0 Å². The lowest BCUT2D eigenvalue weighted by atomic mass is 9.99. The summed E-state index contributed by atoms with van der Waals surface area (Å²) in [6.45, 7) is 3.81. The highest BCUT2D eigenvalue weighted by molar-refractivity contribution is 5.93. The van der Waals surface area contributed by atoms with E-state index in [1.807, 2.05) is 0 Å². The molecule has 0 bridgehead atoms. The second-order valence-corrected chi connectivity index (χ2v) is 5.45. The Morgan fingerprint density at radius 3 is 2.04 bits per heavy atom. The maximum absolute atomic E-state index is 12.1. The average Bonchev–Trinajstić information content (AvgIpc) is 2.55. The average molecular weight is 346 g/mol. The first kappa shape index (κ1) is 21.8. The normalized spacial score (nSPS) is 15.5. The van der Waals surface area contributed by atoms with Crippen LogP contribution < -0.4 is 21.7 Å². The van der Waals surface area contributed by atoms with E-state index in [2.05, 4.69) is 16.0 Å². The summed E-state index contributed by atoms with van der Waals surface area (Å²) in [4.78, 5) is 46.3. The zero-order valence-electron chi connectivity index (χ0n) is 14.0. The van der Waals surface area contributed by atoms with Gasteiger partial charge in [-0.05, 0) is 12.8 Å². The number of hydrogen-bond acceptors (Lipinski definition) is 6. The predicted octanol–water partition coefficient (Wildman–Crippen LogP) is -2.46. The molecule has 4 unspecified atom stereocenters. The Bertz CT molecular complexity index is 470. The molecule has 3 amide bonds. The standard InChI is InChI=1S/C14H26N4O6/c1-4-7(2)11(14(23)24)18-13(22)9(6-19)17-12(21)8(3)16-10(20)5-15/h7-9,11,19H,4-6,15H2,1-3H3,(H,16,20)(H,17,21)(H,18,22)(H,23,24). The first-order chi connectivity index (χ1) is 11.2. The van der Waals surface area contributed by atoms with Crippen LogP contribution in [-0.4, -0.2) is 65.2 Å². The summed E-state index contributed by atoms with van der Waals surface area (Å²) in [5, 5.41) is 25.3. The van der Waals surface area contributed by atoms with Gasteiger partial charge in [0.2, 0.25) is 17.7 Å². The van der Waals surface area contributed by atoms with E-state index in [-0.39, 0.29) is 12.5 Å². The first-order valence-electron chi connectivity index (χ1n) is 7.61. The summed E-state index contributed by atoms with van der Waals surface area (Å²) in [6.07, 6.45) is 0.523. The number of aliphatic hydroxyl groups excluding tert-OH is 1. The number of aliphatic carboxylic acids is 1. The van der Waals surface area contributed by atoms with Crippen molar-refractivity contribution in [1.29, 1.82) is 0 Å². The summed E-state index contributed by atoms with van der Waals surface area (Å²) in [7, 11) is 0. The molecule has 10 nitrogen and oxygen atoms in total. The number of carbonyl (C=O) groups excluding carboxylic acids is 3. The minimum Gasteiger partial charge on any atom is -0.480 e. The first-order valence-corrected chi connectivity index (χ1v) is 7.61. The van der Waals surface area contributed by atoms with E-state index in [9.17, 15) is 24.3 Å². The molecule has 0 saturated carbocycles. The predicted molar refractivity (Wildman–Crippen MR) is 84.7 cm³/mol. The molecule has 0 aliphatic carbocycles. The van der Waals surface area contributed by atoms with Gasteiger partial charge >= 0.3 is 5.97 Å². The van der Waals surface area contributed by atoms with E-state index < -0.39 is 48.4 Å². The van der Waals surface area contributed by atoms with Crippen molar-refractivity contribution in [2.45, 2.75) is 45.3 Å². The molecule has 0 aliphatic heterocycles. The van der Waals surface area contributed by atoms with E-state index in [1.165, 1.54) is 6.92 Å². The van der Waals surface area contributed by atoms with Crippen LogP contribution in [0.2, 0.25) is 0 Å². The van der Waals surface area contributed by atoms with E-state index in [1.54, 1.807) is 13.8 Å². The van der Waals surface area contributed by atoms with Crippen LogP contribution in [0.1, 0.15) is 27.2 Å². The third kappa shape index (κ3) is 6.92. The number of rotatable bonds is 10. The zero-order valence-corrected chi connectivity index (χ0v) is 14.0. The Morgan fingerprint density at radius 1 is 1.04 bits per heavy atom. The van der Waals surface area contributed by atoms with Crippen LogP contribution in [0, 0.1) is 5.92 Å². The lowest BCUT2D eigenvalue weighted by Crippen LogP contribution is -2.57. The third-order valence-electron chi connectivity index (χ3n) is 3.55. The van der Waals surface area contributed by atoms with Gasteiger partial charge in [-0.1, -0.05) is 20.3 Å². The smallest absolute Gasteiger partial charge is 0.326 e. The second-order valence-electron chi connectivity index (χ2n) is 5.45. The molecule has 138 valence electrons. The summed E-state index contributed by atoms with van der Waals surface area (Å²) in [5.74, 6) is -3.61. The SMILES string of the molecule is CCC(C)C(NC(=O)C(CO)NC(=O)C(C)NC(=O)CN)C(=O)O. The summed E-state index contributed by atoms with van der Waals surface area (Å²) >= 11 is 0. The van der Waals surface area contributed by atoms with Crippen LogP contribution in [-0.2, 0) is 19.2 Å². The number of carboxylic acid groups (broad SMARTS) is 1. The van der Waals surface area contributed by atoms with Gasteiger partial charge < -0.3 is 31.9 Å². The van der Waals surface area contributed by atoms with Crippen molar-refractivity contribution in [3.05, 3.63) is 0 Å². The van der Waals surface area contributed by atoms with Gasteiger partial charge in [-0.3, -0.25) is 14.4 Å². The number of hydrogen-bond donors (Lipinski definition) is 6. The van der Waals surface area contributed by atoms with Crippen LogP contribution in [0.5, 0.6) is 0 Å². The highest BCUT2D eigenvalue weighted by atomic mass is 16.4. The van der Waals surface area contributed by atoms with Gasteiger partial charge in [0, 0.05) is 0 Å². The number of carboxylic acids is 1. The lowest BCUT2D eigenvalue weighted by molar-refractivity contribution is -0.144. The van der Waals surface area contributed by atoms with Gasteiger partial charge in [0.05, 0.1) is 13.2 Å². The minimum absolute atomic E-state index is 0.295. The van der Waals surface area contributed by atoms with Gasteiger partial charge in [-0.15, -0.1) is 0 Å². The monoisotopic (exact) mass is 346 g/mol. The Balaban J connectivity index is 4.82. The molecule has 0 fully saturated rings. The Labute approximate surface area is 140 Å². The molecule has 7 N–H and O–H groups in total. The molecule has 24 heavy (non-hydrogen) atoms. The van der Waals surface area contributed by atoms with E-state index >= 15 is 0 Å². The van der Waals surface area contributed by atoms with Gasteiger partial charge in [0.25, 0.3) is 0 Å². The number of nitrogens with two attached hydrogens (primary N) is 1. The quantitative estimate of drug-likeness (QED) is 0.255. The van der Waals surface area contributed by atoms with E-state index in [4.69, 9.17) is 10.8 Å². The second kappa shape index (κ2) is 10.6. The molecule has 0 saturated heterocycles. The number of amides is 3. The number of aliphatic hydroxyl groups is 1. The highest BCUT2D eigenvalue weighted by Gasteiger charge is 2.30. The van der Waals surface area contributed by atoms with Crippen molar-refractivity contribution in [2.24, 2.45) is 11.7 Å². The fourth-order valence-corrected chi connectivity index (χ4v) is 1.79. The lowest BCUT2D eigenvalue weighted by Gasteiger charge is -2.24. The molecule has 4 atom stereocenters. The third-order valence-corrected chi connectivity index (χ3v) is 3.55. The largest absolute Gasteiger partial charge is 0.480 e. The summed E-state index contributed by atoms with van der Waals surface area (Å²) in [5.41, 5.74) is 5.12. The van der Waals surface area contributed by atoms with Crippen molar-refractivity contribution < 1.29 is 29.4 Å². The van der Waals surface area contributed by atoms with Crippen molar-refractivity contribution in [2.75, 3.05) is 13.2 Å². The number of carbonyl (C=O) groups is 4. The fourth-order valence-electron chi connectivity index (χ4n) is 1.79. The van der Waals surface area contributed by atoms with Crippen molar-refractivity contribution >= 4 is 23.7 Å². The van der Waals surface area contributed by atoms with Crippen LogP contribution in [0.25, 0.3) is 0 Å². The van der Waals surface area contributed by atoms with E-state index in [0.29, 0.717) is 6.42 Å². The molecule has 0 heterocycles. The molecule has 0 aromatic carbocycles. The molecule has 0 aliphatic rings. The molecule has 0 aromatic heterocycles. The Kier molecular flexibility index (Phi) is 9.58. The molecular weight excluding hydrogens is 320 g/mol. The van der Waals surface area contributed by atoms with Gasteiger partial charge in [-0.2, -0.15) is 0 Å². The van der Waals surface area contributed by atoms with Crippen molar-refractivity contribution in [3.8, 4) is 0 Å². The fraction of sp³-hybridized carbons (Fsp3) is 0.714. The topological polar surface area (TPSA) is 171 Å². The minimum atomic E-state index is -1.33. The molecule has 10 heteroatoms. The van der Waals surface area contributed by atoms with Crippen LogP contribution >= 0.6 is 0 Å². The summed E-state index contributed by atoms with van der Waals surface area (Å²) < 4.78 is 0. The summed E-state index contributed by atoms with van der Waals surface area (Å²) in [6, 6.07) is -3.43. The van der Waals surface area contributed by atoms with Crippen molar-refractivity contribution in [3.63, 3.8) is 0 Å². The van der Waals surface area contributed by atoms with Gasteiger partial charge in [-0.25, -0.2) is 4.79 Å². The molecule has 0 radical (unpaired) electrons. The Hall–Kier alpha value is -2.20. The molecular formula is C14H26N4O6. The molecule has 0 spiro atoms. The van der Waals surface area contributed by atoms with Crippen LogP contribution in [0.15, 0.2) is 0 Å². The maximum atomic E-state index is 12.1. The Morgan fingerprint density at radius 2 is 1.62 bits per heavy atom.